The Balaban J connectivity index is 1.93. The number of nitrogens with zero attached hydrogens (tertiary/aromatic N) is 3. The van der Waals surface area contributed by atoms with Crippen molar-refractivity contribution in [1.82, 2.24) is 15.1 Å². The first-order valence-electron chi connectivity index (χ1n) is 7.86. The molecule has 0 aliphatic carbocycles. The predicted octanol–water partition coefficient (Wildman–Crippen LogP) is 5.00. The van der Waals surface area contributed by atoms with Crippen molar-refractivity contribution < 1.29 is 9.26 Å². The quantitative estimate of drug-likeness (QED) is 0.517. The van der Waals surface area contributed by atoms with E-state index in [0.717, 1.165) is 22.1 Å². The molecular formula is C19H14ClN3O2. The van der Waals surface area contributed by atoms with E-state index in [4.69, 9.17) is 20.9 Å². The van der Waals surface area contributed by atoms with Gasteiger partial charge in [0.15, 0.2) is 5.58 Å². The number of benzene rings is 2. The summed E-state index contributed by atoms with van der Waals surface area (Å²) in [5, 5.41) is 5.75. The largest absolute Gasteiger partial charge is 0.477 e. The minimum Gasteiger partial charge on any atom is -0.477 e. The topological polar surface area (TPSA) is 61.0 Å². The highest BCUT2D eigenvalue weighted by Gasteiger charge is 2.18. The molecule has 0 radical (unpaired) electrons. The van der Waals surface area contributed by atoms with E-state index in [1.807, 2.05) is 49.4 Å². The summed E-state index contributed by atoms with van der Waals surface area (Å²) in [6.45, 7) is 2.43. The number of ether oxygens (including phenoxy) is 1. The van der Waals surface area contributed by atoms with Crippen molar-refractivity contribution in [1.29, 1.82) is 0 Å². The lowest BCUT2D eigenvalue weighted by atomic mass is 10.0. The Hall–Kier alpha value is -2.92. The normalized spacial score (nSPS) is 11.0. The van der Waals surface area contributed by atoms with Gasteiger partial charge in [0, 0.05) is 17.3 Å². The van der Waals surface area contributed by atoms with Gasteiger partial charge >= 0.3 is 0 Å². The minimum atomic E-state index is 0.515. The Morgan fingerprint density at radius 2 is 1.88 bits per heavy atom. The van der Waals surface area contributed by atoms with Gasteiger partial charge in [0.05, 0.1) is 22.6 Å². The molecule has 0 aliphatic rings. The minimum absolute atomic E-state index is 0.515. The summed E-state index contributed by atoms with van der Waals surface area (Å²) in [5.74, 6) is 0.515. The molecule has 25 heavy (non-hydrogen) atoms. The van der Waals surface area contributed by atoms with E-state index >= 15 is 0 Å². The molecule has 0 N–H and O–H groups in total. The first kappa shape index (κ1) is 15.6. The van der Waals surface area contributed by atoms with E-state index < -0.39 is 0 Å². The molecule has 6 heteroatoms. The van der Waals surface area contributed by atoms with E-state index in [1.165, 1.54) is 6.33 Å². The standard InChI is InChI=1S/C19H14ClN3O2/c1-2-24-19-15(10-21-11-22-19)12-7-5-8-14-17(23-25-18(12)14)13-6-3-4-9-16(13)20/h3-11H,2H2,1H3. The molecule has 2 aromatic heterocycles. The summed E-state index contributed by atoms with van der Waals surface area (Å²) >= 11 is 6.32. The van der Waals surface area contributed by atoms with E-state index in [9.17, 15) is 0 Å². The van der Waals surface area contributed by atoms with Gasteiger partial charge in [-0.25, -0.2) is 9.97 Å². The third-order valence-corrected chi connectivity index (χ3v) is 4.20. The van der Waals surface area contributed by atoms with Gasteiger partial charge in [-0.15, -0.1) is 0 Å². The molecule has 4 aromatic rings. The van der Waals surface area contributed by atoms with Crippen LogP contribution in [0.5, 0.6) is 5.88 Å². The number of hydrogen-bond donors (Lipinski definition) is 0. The SMILES string of the molecule is CCOc1ncncc1-c1cccc2c(-c3ccccc3Cl)noc12. The highest BCUT2D eigenvalue weighted by Crippen LogP contribution is 2.38. The average Bonchev–Trinajstić information content (AvgIpc) is 3.07. The van der Waals surface area contributed by atoms with E-state index in [0.29, 0.717) is 28.8 Å². The zero-order valence-electron chi connectivity index (χ0n) is 13.4. The second kappa shape index (κ2) is 6.53. The number of fused-ring (bicyclic) bond motifs is 1. The van der Waals surface area contributed by atoms with Gasteiger partial charge in [0.2, 0.25) is 5.88 Å². The maximum atomic E-state index is 6.32. The molecule has 0 amide bonds. The summed E-state index contributed by atoms with van der Waals surface area (Å²) in [6, 6.07) is 13.4. The van der Waals surface area contributed by atoms with Crippen molar-refractivity contribution in [2.45, 2.75) is 6.92 Å². The highest BCUT2D eigenvalue weighted by atomic mass is 35.5. The van der Waals surface area contributed by atoms with Crippen LogP contribution in [0, 0.1) is 0 Å². The third-order valence-electron chi connectivity index (χ3n) is 3.87. The van der Waals surface area contributed by atoms with Gasteiger partial charge in [-0.1, -0.05) is 47.1 Å². The van der Waals surface area contributed by atoms with Gasteiger partial charge in [-0.2, -0.15) is 0 Å². The van der Waals surface area contributed by atoms with Crippen molar-refractivity contribution in [2.24, 2.45) is 0 Å². The summed E-state index contributed by atoms with van der Waals surface area (Å²) in [6.07, 6.45) is 3.18. The lowest BCUT2D eigenvalue weighted by Crippen LogP contribution is -1.97. The molecule has 4 rings (SSSR count). The summed E-state index contributed by atoms with van der Waals surface area (Å²) in [7, 11) is 0. The Morgan fingerprint density at radius 1 is 1.04 bits per heavy atom. The maximum absolute atomic E-state index is 6.32. The maximum Gasteiger partial charge on any atom is 0.224 e. The van der Waals surface area contributed by atoms with E-state index in [-0.39, 0.29) is 0 Å². The predicted molar refractivity (Wildman–Crippen MR) is 96.7 cm³/mol. The number of rotatable bonds is 4. The second-order valence-corrected chi connectivity index (χ2v) is 5.78. The summed E-state index contributed by atoms with van der Waals surface area (Å²) < 4.78 is 11.3. The van der Waals surface area contributed by atoms with Gasteiger partial charge in [-0.05, 0) is 19.1 Å². The van der Waals surface area contributed by atoms with Crippen LogP contribution in [0.25, 0.3) is 33.4 Å². The van der Waals surface area contributed by atoms with Crippen molar-refractivity contribution in [2.75, 3.05) is 6.61 Å². The first-order chi connectivity index (χ1) is 12.3. The highest BCUT2D eigenvalue weighted by molar-refractivity contribution is 6.33. The van der Waals surface area contributed by atoms with Crippen molar-refractivity contribution >= 4 is 22.6 Å². The molecule has 5 nitrogen and oxygen atoms in total. The molecular weight excluding hydrogens is 338 g/mol. The van der Waals surface area contributed by atoms with Gasteiger partial charge in [0.25, 0.3) is 0 Å². The van der Waals surface area contributed by atoms with Crippen LogP contribution in [0.4, 0.5) is 0 Å². The molecule has 0 fully saturated rings. The van der Waals surface area contributed by atoms with Crippen LogP contribution in [0.15, 0.2) is 59.5 Å². The Bertz CT molecular complexity index is 1050. The fourth-order valence-electron chi connectivity index (χ4n) is 2.78. The first-order valence-corrected chi connectivity index (χ1v) is 8.24. The number of halogens is 1. The molecule has 124 valence electrons. The average molecular weight is 352 g/mol. The zero-order valence-corrected chi connectivity index (χ0v) is 14.2. The molecule has 0 saturated heterocycles. The molecule has 2 heterocycles. The van der Waals surface area contributed by atoms with Crippen LogP contribution in [-0.4, -0.2) is 21.7 Å². The van der Waals surface area contributed by atoms with Crippen molar-refractivity contribution in [3.05, 3.63) is 60.0 Å². The molecule has 0 unspecified atom stereocenters. The number of para-hydroxylation sites is 1. The smallest absolute Gasteiger partial charge is 0.224 e. The Morgan fingerprint density at radius 3 is 2.72 bits per heavy atom. The molecule has 0 aliphatic heterocycles. The summed E-state index contributed by atoms with van der Waals surface area (Å²) in [5.41, 5.74) is 3.77. The molecule has 2 aromatic carbocycles. The van der Waals surface area contributed by atoms with Gasteiger partial charge < -0.3 is 9.26 Å². The lowest BCUT2D eigenvalue weighted by molar-refractivity contribution is 0.327. The van der Waals surface area contributed by atoms with Crippen LogP contribution >= 0.6 is 11.6 Å². The van der Waals surface area contributed by atoms with Gasteiger partial charge in [0.1, 0.15) is 12.0 Å². The third kappa shape index (κ3) is 2.72. The number of hydrogen-bond acceptors (Lipinski definition) is 5. The monoisotopic (exact) mass is 351 g/mol. The fraction of sp³-hybridized carbons (Fsp3) is 0.105. The summed E-state index contributed by atoms with van der Waals surface area (Å²) in [4.78, 5) is 8.33. The van der Waals surface area contributed by atoms with Gasteiger partial charge in [-0.3, -0.25) is 0 Å². The van der Waals surface area contributed by atoms with Crippen molar-refractivity contribution in [3.8, 4) is 28.3 Å². The van der Waals surface area contributed by atoms with E-state index in [2.05, 4.69) is 15.1 Å². The Kier molecular flexibility index (Phi) is 4.07. The van der Waals surface area contributed by atoms with Crippen LogP contribution in [-0.2, 0) is 0 Å². The lowest BCUT2D eigenvalue weighted by Gasteiger charge is -2.08. The fourth-order valence-corrected chi connectivity index (χ4v) is 3.00. The molecule has 0 atom stereocenters. The van der Waals surface area contributed by atoms with E-state index in [1.54, 1.807) is 6.20 Å². The molecule has 0 spiro atoms. The molecule has 0 bridgehead atoms. The molecule has 0 saturated carbocycles. The van der Waals surface area contributed by atoms with Crippen LogP contribution in [0.1, 0.15) is 6.92 Å². The second-order valence-electron chi connectivity index (χ2n) is 5.37. The zero-order chi connectivity index (χ0) is 17.2. The van der Waals surface area contributed by atoms with Crippen LogP contribution in [0.2, 0.25) is 5.02 Å². The van der Waals surface area contributed by atoms with Crippen LogP contribution < -0.4 is 4.74 Å². The van der Waals surface area contributed by atoms with Crippen LogP contribution in [0.3, 0.4) is 0 Å². The van der Waals surface area contributed by atoms with Crippen molar-refractivity contribution in [3.63, 3.8) is 0 Å². The number of aromatic nitrogens is 3. The Labute approximate surface area is 149 Å².